The molecule has 0 bridgehead atoms. The second kappa shape index (κ2) is 9.27. The van der Waals surface area contributed by atoms with Crippen LogP contribution in [0, 0.1) is 0 Å². The van der Waals surface area contributed by atoms with E-state index in [0.717, 1.165) is 44.2 Å². The van der Waals surface area contributed by atoms with E-state index in [1.807, 2.05) is 13.0 Å². The van der Waals surface area contributed by atoms with Crippen LogP contribution in [0.25, 0.3) is 0 Å². The molecule has 1 aliphatic rings. The smallest absolute Gasteiger partial charge is 0.409 e. The Morgan fingerprint density at radius 1 is 1.29 bits per heavy atom. The molecule has 0 unspecified atom stereocenters. The molecule has 1 fully saturated rings. The number of anilines is 2. The number of nitrogens with one attached hydrogen (secondary N) is 1. The highest BCUT2D eigenvalue weighted by Gasteiger charge is 2.22. The molecule has 1 saturated heterocycles. The van der Waals surface area contributed by atoms with E-state index in [9.17, 15) is 4.79 Å². The van der Waals surface area contributed by atoms with Gasteiger partial charge in [-0.25, -0.2) is 14.8 Å². The van der Waals surface area contributed by atoms with Gasteiger partial charge in [0.2, 0.25) is 0 Å². The molecule has 1 aromatic rings. The van der Waals surface area contributed by atoms with Crippen molar-refractivity contribution in [1.29, 1.82) is 0 Å². The predicted octanol–water partition coefficient (Wildman–Crippen LogP) is 1.12. The molecule has 0 aromatic carbocycles. The molecule has 8 heteroatoms. The van der Waals surface area contributed by atoms with Crippen LogP contribution in [0.3, 0.4) is 0 Å². The number of carbonyl (C=O) groups is 1. The lowest BCUT2D eigenvalue weighted by molar-refractivity contribution is 0.105. The Bertz CT molecular complexity index is 517. The Morgan fingerprint density at radius 2 is 2.04 bits per heavy atom. The van der Waals surface area contributed by atoms with Crippen molar-refractivity contribution in [3.05, 3.63) is 12.4 Å². The molecule has 1 N–H and O–H groups in total. The van der Waals surface area contributed by atoms with Gasteiger partial charge in [-0.05, 0) is 34.0 Å². The molecular formula is C16H28N6O2. The number of ether oxygens (including phenoxy) is 1. The first-order valence-corrected chi connectivity index (χ1v) is 8.47. The number of amides is 1. The standard InChI is InChI=1S/C16H28N6O2/c1-4-24-16(23)22-10-8-21(9-11-22)15-12-14(18-13-19-15)17-6-5-7-20(2)3/h12-13H,4-11H2,1-3H3,(H,17,18,19). The van der Waals surface area contributed by atoms with Gasteiger partial charge in [-0.2, -0.15) is 0 Å². The number of aromatic nitrogens is 2. The van der Waals surface area contributed by atoms with Crippen molar-refractivity contribution in [3.63, 3.8) is 0 Å². The Kier molecular flexibility index (Phi) is 7.05. The van der Waals surface area contributed by atoms with Crippen LogP contribution in [0.1, 0.15) is 13.3 Å². The SMILES string of the molecule is CCOC(=O)N1CCN(c2cc(NCCCN(C)C)ncn2)CC1. The van der Waals surface area contributed by atoms with E-state index in [4.69, 9.17) is 4.74 Å². The average Bonchev–Trinajstić information content (AvgIpc) is 2.59. The molecule has 134 valence electrons. The van der Waals surface area contributed by atoms with Crippen LogP contribution in [-0.4, -0.2) is 85.8 Å². The number of carbonyl (C=O) groups excluding carboxylic acids is 1. The van der Waals surface area contributed by atoms with Crippen molar-refractivity contribution < 1.29 is 9.53 Å². The summed E-state index contributed by atoms with van der Waals surface area (Å²) in [6.07, 6.45) is 2.41. The number of hydrogen-bond donors (Lipinski definition) is 1. The molecule has 0 radical (unpaired) electrons. The predicted molar refractivity (Wildman–Crippen MR) is 94.5 cm³/mol. The summed E-state index contributed by atoms with van der Waals surface area (Å²) in [6.45, 7) is 6.94. The third-order valence-electron chi connectivity index (χ3n) is 3.87. The lowest BCUT2D eigenvalue weighted by Gasteiger charge is -2.34. The lowest BCUT2D eigenvalue weighted by atomic mass is 10.3. The lowest BCUT2D eigenvalue weighted by Crippen LogP contribution is -2.49. The third kappa shape index (κ3) is 5.52. The maximum atomic E-state index is 11.7. The van der Waals surface area contributed by atoms with Crippen molar-refractivity contribution in [2.24, 2.45) is 0 Å². The highest BCUT2D eigenvalue weighted by molar-refractivity contribution is 5.68. The first-order valence-electron chi connectivity index (χ1n) is 8.47. The summed E-state index contributed by atoms with van der Waals surface area (Å²) in [4.78, 5) is 26.4. The van der Waals surface area contributed by atoms with Gasteiger partial charge in [0, 0.05) is 38.8 Å². The van der Waals surface area contributed by atoms with E-state index in [0.29, 0.717) is 19.7 Å². The Labute approximate surface area is 143 Å². The molecule has 1 aromatic heterocycles. The number of hydrogen-bond acceptors (Lipinski definition) is 7. The molecule has 0 atom stereocenters. The number of rotatable bonds is 7. The molecular weight excluding hydrogens is 308 g/mol. The quantitative estimate of drug-likeness (QED) is 0.748. The van der Waals surface area contributed by atoms with Gasteiger partial charge in [-0.3, -0.25) is 0 Å². The van der Waals surface area contributed by atoms with Gasteiger partial charge < -0.3 is 24.8 Å². The van der Waals surface area contributed by atoms with E-state index in [2.05, 4.69) is 39.2 Å². The Balaban J connectivity index is 1.82. The van der Waals surface area contributed by atoms with Gasteiger partial charge in [0.05, 0.1) is 6.61 Å². The largest absolute Gasteiger partial charge is 0.450 e. The molecule has 2 rings (SSSR count). The third-order valence-corrected chi connectivity index (χ3v) is 3.87. The van der Waals surface area contributed by atoms with Crippen molar-refractivity contribution >= 4 is 17.7 Å². The van der Waals surface area contributed by atoms with E-state index in [1.165, 1.54) is 0 Å². The number of piperazine rings is 1. The Hall–Kier alpha value is -2.09. The van der Waals surface area contributed by atoms with Crippen LogP contribution in [0.15, 0.2) is 12.4 Å². The maximum absolute atomic E-state index is 11.7. The van der Waals surface area contributed by atoms with Gasteiger partial charge >= 0.3 is 6.09 Å². The van der Waals surface area contributed by atoms with Crippen molar-refractivity contribution in [1.82, 2.24) is 19.8 Å². The molecule has 0 aliphatic carbocycles. The summed E-state index contributed by atoms with van der Waals surface area (Å²) in [5.74, 6) is 1.73. The second-order valence-electron chi connectivity index (χ2n) is 6.02. The van der Waals surface area contributed by atoms with E-state index in [-0.39, 0.29) is 6.09 Å². The molecule has 0 saturated carbocycles. The van der Waals surface area contributed by atoms with Crippen molar-refractivity contribution in [2.75, 3.05) is 70.2 Å². The fourth-order valence-corrected chi connectivity index (χ4v) is 2.56. The van der Waals surface area contributed by atoms with E-state index < -0.39 is 0 Å². The van der Waals surface area contributed by atoms with E-state index in [1.54, 1.807) is 11.2 Å². The van der Waals surface area contributed by atoms with Crippen molar-refractivity contribution in [3.8, 4) is 0 Å². The minimum atomic E-state index is -0.233. The summed E-state index contributed by atoms with van der Waals surface area (Å²) in [5, 5.41) is 3.33. The van der Waals surface area contributed by atoms with Gasteiger partial charge in [0.15, 0.2) is 0 Å². The normalized spacial score (nSPS) is 14.8. The summed E-state index contributed by atoms with van der Waals surface area (Å²) in [6, 6.07) is 1.97. The molecule has 8 nitrogen and oxygen atoms in total. The Morgan fingerprint density at radius 3 is 2.71 bits per heavy atom. The van der Waals surface area contributed by atoms with Crippen LogP contribution < -0.4 is 10.2 Å². The highest BCUT2D eigenvalue weighted by Crippen LogP contribution is 2.16. The molecule has 2 heterocycles. The zero-order valence-electron chi connectivity index (χ0n) is 14.9. The van der Waals surface area contributed by atoms with Crippen LogP contribution in [-0.2, 0) is 4.74 Å². The van der Waals surface area contributed by atoms with E-state index >= 15 is 0 Å². The maximum Gasteiger partial charge on any atom is 0.409 e. The first-order chi connectivity index (χ1) is 11.6. The van der Waals surface area contributed by atoms with Crippen LogP contribution in [0.4, 0.5) is 16.4 Å². The van der Waals surface area contributed by atoms with Crippen LogP contribution >= 0.6 is 0 Å². The topological polar surface area (TPSA) is 73.8 Å². The zero-order valence-corrected chi connectivity index (χ0v) is 14.9. The fraction of sp³-hybridized carbons (Fsp3) is 0.688. The van der Waals surface area contributed by atoms with Crippen LogP contribution in [0.2, 0.25) is 0 Å². The summed E-state index contributed by atoms with van der Waals surface area (Å²) in [7, 11) is 4.14. The van der Waals surface area contributed by atoms with Crippen LogP contribution in [0.5, 0.6) is 0 Å². The fourth-order valence-electron chi connectivity index (χ4n) is 2.56. The monoisotopic (exact) mass is 336 g/mol. The number of nitrogens with zero attached hydrogens (tertiary/aromatic N) is 5. The molecule has 0 spiro atoms. The molecule has 1 amide bonds. The zero-order chi connectivity index (χ0) is 17.4. The van der Waals surface area contributed by atoms with Gasteiger partial charge in [-0.15, -0.1) is 0 Å². The summed E-state index contributed by atoms with van der Waals surface area (Å²) < 4.78 is 5.04. The van der Waals surface area contributed by atoms with Crippen molar-refractivity contribution in [2.45, 2.75) is 13.3 Å². The molecule has 24 heavy (non-hydrogen) atoms. The van der Waals surface area contributed by atoms with Gasteiger partial charge in [0.1, 0.15) is 18.0 Å². The summed E-state index contributed by atoms with van der Waals surface area (Å²) >= 11 is 0. The minimum Gasteiger partial charge on any atom is -0.450 e. The van der Waals surface area contributed by atoms with Gasteiger partial charge in [-0.1, -0.05) is 0 Å². The highest BCUT2D eigenvalue weighted by atomic mass is 16.6. The average molecular weight is 336 g/mol. The molecule has 1 aliphatic heterocycles. The van der Waals surface area contributed by atoms with Gasteiger partial charge in [0.25, 0.3) is 0 Å². The first kappa shape index (κ1) is 18.3. The summed E-state index contributed by atoms with van der Waals surface area (Å²) in [5.41, 5.74) is 0. The minimum absolute atomic E-state index is 0.233. The second-order valence-corrected chi connectivity index (χ2v) is 6.02.